The maximum atomic E-state index is 14.3. The van der Waals surface area contributed by atoms with Gasteiger partial charge < -0.3 is 0 Å². The molecule has 1 fully saturated rings. The van der Waals surface area contributed by atoms with Gasteiger partial charge in [0.2, 0.25) is 10.0 Å². The third kappa shape index (κ3) is 4.04. The Balaban J connectivity index is 1.47. The highest BCUT2D eigenvalue weighted by Gasteiger charge is 2.51. The van der Waals surface area contributed by atoms with Gasteiger partial charge in [-0.3, -0.25) is 14.5 Å². The number of rotatable bonds is 5. The van der Waals surface area contributed by atoms with Crippen molar-refractivity contribution in [3.05, 3.63) is 94.6 Å². The number of nitrogens with zero attached hydrogens (tertiary/aromatic N) is 6. The number of hydrogen-bond donors (Lipinski definition) is 0. The van der Waals surface area contributed by atoms with Gasteiger partial charge in [0, 0.05) is 26.3 Å². The molecule has 9 nitrogen and oxygen atoms in total. The number of hydrogen-bond acceptors (Lipinski definition) is 6. The number of carbonyl (C=O) groups is 1. The molecule has 1 saturated heterocycles. The number of ketones is 1. The Bertz CT molecular complexity index is 1760. The van der Waals surface area contributed by atoms with Crippen molar-refractivity contribution >= 4 is 21.9 Å². The number of pyridine rings is 1. The molecule has 6 rings (SSSR count). The van der Waals surface area contributed by atoms with E-state index in [9.17, 15) is 17.6 Å². The highest BCUT2D eigenvalue weighted by molar-refractivity contribution is 7.89. The Hall–Kier alpha value is -3.96. The maximum Gasteiger partial charge on any atom is 0.246 e. The summed E-state index contributed by atoms with van der Waals surface area (Å²) >= 11 is 0. The zero-order valence-corrected chi connectivity index (χ0v) is 22.6. The van der Waals surface area contributed by atoms with Crippen LogP contribution in [0.4, 0.5) is 4.39 Å². The predicted octanol–water partition coefficient (Wildman–Crippen LogP) is 3.66. The normalized spacial score (nSPS) is 19.3. The van der Waals surface area contributed by atoms with Gasteiger partial charge in [-0.15, -0.1) is 0 Å². The standard InChI is InChI=1S/C28H27FN6O3S/c1-18-8-10-30-24(12-18)27(36)28-14-20-15-32-35(23-6-4-22(29)5-7-23)25(20)13-21(28)9-11-34(17-28)39(37,38)26-16-31-33(3)19(26)2/h4-8,10,12-13,15-16H,9,11,14,17H2,1-3H3/t28-/m0/s1. The topological polar surface area (TPSA) is 103 Å². The summed E-state index contributed by atoms with van der Waals surface area (Å²) < 4.78 is 45.8. The largest absolute Gasteiger partial charge is 0.291 e. The molecule has 1 atom stereocenters. The maximum absolute atomic E-state index is 14.3. The quantitative estimate of drug-likeness (QED) is 0.354. The summed E-state index contributed by atoms with van der Waals surface area (Å²) in [6.07, 6.45) is 7.23. The minimum Gasteiger partial charge on any atom is -0.291 e. The summed E-state index contributed by atoms with van der Waals surface area (Å²) in [5, 5.41) is 8.67. The monoisotopic (exact) mass is 546 g/mol. The molecule has 1 aromatic carbocycles. The molecular formula is C28H27FN6O3S. The van der Waals surface area contributed by atoms with Gasteiger partial charge in [-0.1, -0.05) is 5.57 Å². The fraction of sp³-hybridized carbons (Fsp3) is 0.286. The van der Waals surface area contributed by atoms with E-state index in [2.05, 4.69) is 15.2 Å². The van der Waals surface area contributed by atoms with Gasteiger partial charge in [-0.25, -0.2) is 17.5 Å². The van der Waals surface area contributed by atoms with E-state index >= 15 is 0 Å². The van der Waals surface area contributed by atoms with Crippen molar-refractivity contribution in [3.63, 3.8) is 0 Å². The minimum atomic E-state index is -3.91. The van der Waals surface area contributed by atoms with Crippen molar-refractivity contribution in [2.45, 2.75) is 31.6 Å². The molecule has 2 aliphatic rings. The number of fused-ring (bicyclic) bond motifs is 2. The molecule has 0 amide bonds. The smallest absolute Gasteiger partial charge is 0.246 e. The van der Waals surface area contributed by atoms with Crippen LogP contribution < -0.4 is 0 Å². The van der Waals surface area contributed by atoms with Crippen molar-refractivity contribution in [1.82, 2.24) is 28.9 Å². The molecule has 11 heteroatoms. The number of sulfonamides is 1. The van der Waals surface area contributed by atoms with Crippen LogP contribution in [0, 0.1) is 25.1 Å². The molecule has 3 aromatic heterocycles. The third-order valence-electron chi connectivity index (χ3n) is 7.84. The Kier molecular flexibility index (Phi) is 5.88. The number of aryl methyl sites for hydroxylation is 2. The average Bonchev–Trinajstić information content (AvgIpc) is 3.49. The lowest BCUT2D eigenvalue weighted by atomic mass is 9.65. The van der Waals surface area contributed by atoms with E-state index in [-0.39, 0.29) is 36.0 Å². The first-order valence-electron chi connectivity index (χ1n) is 12.6. The van der Waals surface area contributed by atoms with Crippen LogP contribution in [0.5, 0.6) is 0 Å². The van der Waals surface area contributed by atoms with E-state index in [4.69, 9.17) is 0 Å². The second kappa shape index (κ2) is 9.06. The highest BCUT2D eigenvalue weighted by Crippen LogP contribution is 2.47. The van der Waals surface area contributed by atoms with Gasteiger partial charge >= 0.3 is 0 Å². The molecule has 4 aromatic rings. The highest BCUT2D eigenvalue weighted by atomic mass is 32.2. The lowest BCUT2D eigenvalue weighted by Crippen LogP contribution is -2.53. The van der Waals surface area contributed by atoms with Crippen molar-refractivity contribution in [3.8, 4) is 5.69 Å². The molecule has 0 N–H and O–H groups in total. The van der Waals surface area contributed by atoms with Crippen molar-refractivity contribution in [2.75, 3.05) is 13.1 Å². The first kappa shape index (κ1) is 25.3. The lowest BCUT2D eigenvalue weighted by molar-refractivity contribution is 0.0770. The van der Waals surface area contributed by atoms with Crippen LogP contribution in [0.1, 0.15) is 39.4 Å². The number of aromatic nitrogens is 5. The Morgan fingerprint density at radius 1 is 1.08 bits per heavy atom. The summed E-state index contributed by atoms with van der Waals surface area (Å²) in [6.45, 7) is 3.80. The first-order chi connectivity index (χ1) is 18.6. The molecule has 0 unspecified atom stereocenters. The van der Waals surface area contributed by atoms with Gasteiger partial charge in [0.25, 0.3) is 0 Å². The average molecular weight is 547 g/mol. The summed E-state index contributed by atoms with van der Waals surface area (Å²) in [5.74, 6) is -0.564. The third-order valence-corrected chi connectivity index (χ3v) is 9.79. The van der Waals surface area contributed by atoms with E-state index in [0.29, 0.717) is 23.5 Å². The summed E-state index contributed by atoms with van der Waals surface area (Å²) in [4.78, 5) is 18.8. The lowest BCUT2D eigenvalue weighted by Gasteiger charge is -2.44. The number of piperidine rings is 1. The van der Waals surface area contributed by atoms with E-state index in [1.165, 1.54) is 27.3 Å². The molecule has 39 heavy (non-hydrogen) atoms. The fourth-order valence-corrected chi connectivity index (χ4v) is 7.27. The Morgan fingerprint density at radius 2 is 1.85 bits per heavy atom. The molecule has 0 radical (unpaired) electrons. The van der Waals surface area contributed by atoms with Gasteiger partial charge in [0.1, 0.15) is 16.4 Å². The Morgan fingerprint density at radius 3 is 2.54 bits per heavy atom. The molecule has 200 valence electrons. The van der Waals surface area contributed by atoms with Gasteiger partial charge in [0.15, 0.2) is 5.78 Å². The van der Waals surface area contributed by atoms with Gasteiger partial charge in [-0.2, -0.15) is 14.5 Å². The number of halogens is 1. The van der Waals surface area contributed by atoms with Crippen LogP contribution in [0.25, 0.3) is 11.8 Å². The SMILES string of the molecule is Cc1ccnc(C(=O)[C@]23Cc4cnn(-c5ccc(F)cc5)c4C=C2CCN(S(=O)(=O)c2cnn(C)c2C)C3)c1. The van der Waals surface area contributed by atoms with Crippen molar-refractivity contribution < 1.29 is 17.6 Å². The van der Waals surface area contributed by atoms with Gasteiger partial charge in [0.05, 0.1) is 34.9 Å². The van der Waals surface area contributed by atoms with Crippen LogP contribution in [0.2, 0.25) is 0 Å². The van der Waals surface area contributed by atoms with E-state index in [1.807, 2.05) is 19.1 Å². The predicted molar refractivity (Wildman–Crippen MR) is 142 cm³/mol. The van der Waals surface area contributed by atoms with Crippen LogP contribution in [0.15, 0.2) is 65.5 Å². The molecule has 0 saturated carbocycles. The second-order valence-electron chi connectivity index (χ2n) is 10.2. The fourth-order valence-electron chi connectivity index (χ4n) is 5.59. The van der Waals surface area contributed by atoms with Crippen LogP contribution in [-0.2, 0) is 23.5 Å². The van der Waals surface area contributed by atoms with Crippen molar-refractivity contribution in [1.29, 1.82) is 0 Å². The van der Waals surface area contributed by atoms with Crippen LogP contribution in [0.3, 0.4) is 0 Å². The number of benzene rings is 1. The minimum absolute atomic E-state index is 0.0227. The number of carbonyl (C=O) groups excluding carboxylic acids is 1. The van der Waals surface area contributed by atoms with Crippen LogP contribution in [-0.4, -0.2) is 56.1 Å². The Labute approximate surface area is 225 Å². The van der Waals surface area contributed by atoms with E-state index < -0.39 is 15.4 Å². The molecule has 0 spiro atoms. The van der Waals surface area contributed by atoms with Crippen LogP contribution >= 0.6 is 0 Å². The molecule has 1 aliphatic heterocycles. The van der Waals surface area contributed by atoms with Crippen molar-refractivity contribution in [2.24, 2.45) is 12.5 Å². The van der Waals surface area contributed by atoms with E-state index in [0.717, 1.165) is 22.4 Å². The first-order valence-corrected chi connectivity index (χ1v) is 14.0. The molecule has 1 aliphatic carbocycles. The number of Topliss-reactive ketones (excluding diaryl/α,β-unsaturated/α-hetero) is 1. The van der Waals surface area contributed by atoms with E-state index in [1.54, 1.807) is 49.2 Å². The zero-order valence-electron chi connectivity index (χ0n) is 21.8. The molecule has 0 bridgehead atoms. The summed E-state index contributed by atoms with van der Waals surface area (Å²) in [6, 6.07) is 9.61. The summed E-state index contributed by atoms with van der Waals surface area (Å²) in [5.41, 5.74) is 3.71. The molecule has 4 heterocycles. The second-order valence-corrected chi connectivity index (χ2v) is 12.1. The van der Waals surface area contributed by atoms with Gasteiger partial charge in [-0.05, 0) is 80.3 Å². The zero-order chi connectivity index (χ0) is 27.5. The summed E-state index contributed by atoms with van der Waals surface area (Å²) in [7, 11) is -2.21. The molecular weight excluding hydrogens is 519 g/mol.